The first-order valence-electron chi connectivity index (χ1n) is 16.0. The van der Waals surface area contributed by atoms with Crippen molar-refractivity contribution in [3.8, 4) is 23.0 Å². The number of amides is 2. The van der Waals surface area contributed by atoms with E-state index < -0.39 is 43.3 Å². The van der Waals surface area contributed by atoms with Crippen LogP contribution in [0, 0.1) is 11.6 Å². The highest BCUT2D eigenvalue weighted by molar-refractivity contribution is 7.90. The molecule has 0 aliphatic carbocycles. The number of benzene rings is 4. The van der Waals surface area contributed by atoms with Crippen LogP contribution in [0.1, 0.15) is 23.6 Å². The molecule has 2 amide bonds. The SMILES string of the molecule is CN(C)S(=O)(=O)c1cccc(C(=O)Nc2cc(F)cc(Oc3cncnc3)c2)c1.CS(=O)(=O)c1cccc(C(=O)Nc2cc(F)cc(Oc3cncnc3)c2)c1.[HH].[HH]. The molecule has 0 spiro atoms. The number of anilines is 2. The molecule has 0 unspecified atom stereocenters. The third kappa shape index (κ3) is 11.2. The second-order valence-electron chi connectivity index (χ2n) is 11.7. The van der Waals surface area contributed by atoms with Gasteiger partial charge in [0.05, 0.1) is 34.6 Å². The maximum Gasteiger partial charge on any atom is 0.255 e. The lowest BCUT2D eigenvalue weighted by atomic mass is 10.2. The lowest BCUT2D eigenvalue weighted by Crippen LogP contribution is -2.22. The molecule has 0 fully saturated rings. The average molecular weight is 808 g/mol. The van der Waals surface area contributed by atoms with Gasteiger partial charge in [0.15, 0.2) is 21.3 Å². The second kappa shape index (κ2) is 17.6. The van der Waals surface area contributed by atoms with Crippen molar-refractivity contribution in [2.24, 2.45) is 0 Å². The van der Waals surface area contributed by atoms with Crippen molar-refractivity contribution in [2.45, 2.75) is 9.79 Å². The van der Waals surface area contributed by atoms with E-state index in [9.17, 15) is 35.2 Å². The Morgan fingerprint density at radius 1 is 0.607 bits per heavy atom. The van der Waals surface area contributed by atoms with Gasteiger partial charge < -0.3 is 20.1 Å². The van der Waals surface area contributed by atoms with Gasteiger partial charge in [-0.25, -0.2) is 49.9 Å². The van der Waals surface area contributed by atoms with Crippen LogP contribution < -0.4 is 20.1 Å². The average Bonchev–Trinajstić information content (AvgIpc) is 3.15. The van der Waals surface area contributed by atoms with E-state index in [0.29, 0.717) is 11.5 Å². The molecule has 6 aromatic rings. The van der Waals surface area contributed by atoms with E-state index in [1.807, 2.05) is 0 Å². The predicted octanol–water partition coefficient (Wildman–Crippen LogP) is 6.47. The lowest BCUT2D eigenvalue weighted by Gasteiger charge is -2.13. The number of hydrogen-bond acceptors (Lipinski definition) is 12. The molecule has 292 valence electrons. The number of sulfonamides is 1. The topological polar surface area (TPSA) is 200 Å². The minimum absolute atomic E-state index is 0. The number of rotatable bonds is 11. The molecule has 2 N–H and O–H groups in total. The zero-order valence-corrected chi connectivity index (χ0v) is 31.3. The van der Waals surface area contributed by atoms with Crippen LogP contribution in [-0.2, 0) is 19.9 Å². The highest BCUT2D eigenvalue weighted by Gasteiger charge is 2.19. The summed E-state index contributed by atoms with van der Waals surface area (Å²) in [5.41, 5.74) is 0.525. The maximum absolute atomic E-state index is 13.9. The monoisotopic (exact) mass is 807 g/mol. The fourth-order valence-corrected chi connectivity index (χ4v) is 6.23. The molecule has 15 nitrogen and oxygen atoms in total. The largest absolute Gasteiger partial charge is 0.454 e. The van der Waals surface area contributed by atoms with Crippen LogP contribution in [0.5, 0.6) is 23.0 Å². The second-order valence-corrected chi connectivity index (χ2v) is 15.9. The van der Waals surface area contributed by atoms with E-state index in [1.54, 1.807) is 0 Å². The summed E-state index contributed by atoms with van der Waals surface area (Å²) in [6.45, 7) is 0. The molecule has 0 bridgehead atoms. The fraction of sp³-hybridized carbons (Fsp3) is 0.0811. The van der Waals surface area contributed by atoms with Crippen molar-refractivity contribution in [2.75, 3.05) is 31.0 Å². The number of hydrogen-bond donors (Lipinski definition) is 2. The van der Waals surface area contributed by atoms with E-state index >= 15 is 0 Å². The molecular weight excluding hydrogens is 773 g/mol. The first-order chi connectivity index (χ1) is 26.6. The van der Waals surface area contributed by atoms with Crippen molar-refractivity contribution in [3.05, 3.63) is 145 Å². The van der Waals surface area contributed by atoms with Crippen molar-refractivity contribution in [1.82, 2.24) is 24.2 Å². The fourth-order valence-electron chi connectivity index (χ4n) is 4.62. The minimum Gasteiger partial charge on any atom is -0.454 e. The van der Waals surface area contributed by atoms with Gasteiger partial charge in [0, 0.05) is 70.0 Å². The Hall–Kier alpha value is -6.70. The number of halogens is 2. The third-order valence-corrected chi connectivity index (χ3v) is 10.1. The van der Waals surface area contributed by atoms with Crippen LogP contribution in [0.15, 0.2) is 132 Å². The van der Waals surface area contributed by atoms with Gasteiger partial charge in [0.2, 0.25) is 10.0 Å². The van der Waals surface area contributed by atoms with Gasteiger partial charge in [-0.05, 0) is 48.5 Å². The maximum atomic E-state index is 13.9. The molecule has 4 aromatic carbocycles. The summed E-state index contributed by atoms with van der Waals surface area (Å²) in [4.78, 5) is 40.1. The first-order valence-corrected chi connectivity index (χ1v) is 19.3. The Morgan fingerprint density at radius 3 is 1.43 bits per heavy atom. The Balaban J connectivity index is 0.000000301. The predicted molar refractivity (Wildman–Crippen MR) is 204 cm³/mol. The zero-order valence-electron chi connectivity index (χ0n) is 29.6. The number of sulfone groups is 1. The summed E-state index contributed by atoms with van der Waals surface area (Å²) in [6.07, 6.45) is 9.34. The Bertz CT molecular complexity index is 2600. The first kappa shape index (κ1) is 40.5. The molecule has 0 aliphatic rings. The van der Waals surface area contributed by atoms with Crippen molar-refractivity contribution in [3.63, 3.8) is 0 Å². The summed E-state index contributed by atoms with van der Waals surface area (Å²) < 4.78 is 87.5. The standard InChI is InChI=1S/C19H17FN4O4S.C18H14FN3O4S.2H2/c1-24(2)29(26,27)18-5-3-4-13(6-18)19(25)23-15-7-14(20)8-16(9-15)28-17-10-21-12-22-11-17;1-27(24,25)17-4-2-3-12(5-17)18(23)22-14-6-13(19)7-15(8-14)26-16-9-20-11-21-10-16;;/h3-12H,1-2H3,(H,23,25);2-11H,1H3,(H,22,23);2*1H. The van der Waals surface area contributed by atoms with E-state index in [1.165, 1.54) is 112 Å². The Kier molecular flexibility index (Phi) is 12.7. The molecule has 0 saturated heterocycles. The third-order valence-electron chi connectivity index (χ3n) is 7.20. The van der Waals surface area contributed by atoms with E-state index in [4.69, 9.17) is 9.47 Å². The highest BCUT2D eigenvalue weighted by atomic mass is 32.2. The lowest BCUT2D eigenvalue weighted by molar-refractivity contribution is 0.101. The van der Waals surface area contributed by atoms with Gasteiger partial charge in [0.25, 0.3) is 11.8 Å². The molecule has 0 radical (unpaired) electrons. The van der Waals surface area contributed by atoms with Gasteiger partial charge in [-0.2, -0.15) is 0 Å². The van der Waals surface area contributed by atoms with Crippen molar-refractivity contribution in [1.29, 1.82) is 0 Å². The summed E-state index contributed by atoms with van der Waals surface area (Å²) in [5.74, 6) is -1.54. The van der Waals surface area contributed by atoms with E-state index in [2.05, 4.69) is 30.6 Å². The van der Waals surface area contributed by atoms with Crippen molar-refractivity contribution < 1.29 is 47.5 Å². The number of ether oxygens (including phenoxy) is 2. The Morgan fingerprint density at radius 2 is 1.02 bits per heavy atom. The zero-order chi connectivity index (χ0) is 40.5. The molecule has 19 heteroatoms. The summed E-state index contributed by atoms with van der Waals surface area (Å²) >= 11 is 0. The van der Waals surface area contributed by atoms with E-state index in [-0.39, 0.29) is 46.6 Å². The van der Waals surface area contributed by atoms with Crippen LogP contribution in [0.3, 0.4) is 0 Å². The molecular formula is C37H35F2N7O8S2. The van der Waals surface area contributed by atoms with Crippen LogP contribution in [-0.4, -0.2) is 73.2 Å². The number of carbonyl (C=O) groups excluding carboxylic acids is 2. The summed E-state index contributed by atoms with van der Waals surface area (Å²) in [7, 11) is -4.35. The summed E-state index contributed by atoms with van der Waals surface area (Å²) in [5, 5.41) is 5.05. The van der Waals surface area contributed by atoms with Crippen LogP contribution >= 0.6 is 0 Å². The number of aromatic nitrogens is 4. The number of nitrogens with one attached hydrogen (secondary N) is 2. The normalized spacial score (nSPS) is 11.2. The van der Waals surface area contributed by atoms with Gasteiger partial charge in [-0.15, -0.1) is 0 Å². The van der Waals surface area contributed by atoms with Gasteiger partial charge >= 0.3 is 0 Å². The smallest absolute Gasteiger partial charge is 0.255 e. The molecule has 0 atom stereocenters. The van der Waals surface area contributed by atoms with Crippen LogP contribution in [0.4, 0.5) is 20.2 Å². The molecule has 6 rings (SSSR count). The molecule has 0 aliphatic heterocycles. The minimum atomic E-state index is -3.69. The van der Waals surface area contributed by atoms with Gasteiger partial charge in [-0.1, -0.05) is 12.1 Å². The highest BCUT2D eigenvalue weighted by Crippen LogP contribution is 2.27. The number of nitrogens with zero attached hydrogens (tertiary/aromatic N) is 5. The Labute approximate surface area is 323 Å². The van der Waals surface area contributed by atoms with Crippen LogP contribution in [0.25, 0.3) is 0 Å². The molecule has 0 saturated carbocycles. The van der Waals surface area contributed by atoms with Crippen molar-refractivity contribution >= 4 is 43.0 Å². The molecule has 56 heavy (non-hydrogen) atoms. The molecule has 2 aromatic heterocycles. The summed E-state index contributed by atoms with van der Waals surface area (Å²) in [6, 6.07) is 18.5. The quantitative estimate of drug-likeness (QED) is 0.145. The number of carbonyl (C=O) groups is 2. The molecule has 2 heterocycles. The van der Waals surface area contributed by atoms with Gasteiger partial charge in [0.1, 0.15) is 35.8 Å². The van der Waals surface area contributed by atoms with Gasteiger partial charge in [-0.3, -0.25) is 9.59 Å². The van der Waals surface area contributed by atoms with E-state index in [0.717, 1.165) is 34.8 Å². The van der Waals surface area contributed by atoms with Crippen LogP contribution in [0.2, 0.25) is 0 Å².